The van der Waals surface area contributed by atoms with Gasteiger partial charge in [0.2, 0.25) is 6.61 Å². The van der Waals surface area contributed by atoms with Crippen molar-refractivity contribution in [1.29, 1.82) is 0 Å². The summed E-state index contributed by atoms with van der Waals surface area (Å²) in [4.78, 5) is 14.4. The van der Waals surface area contributed by atoms with Crippen molar-refractivity contribution in [1.82, 2.24) is 0 Å². The Kier molecular flexibility index (Phi) is 4.05. The molecule has 15 heavy (non-hydrogen) atoms. The number of hydrogen-bond acceptors (Lipinski definition) is 3. The molecule has 80 valence electrons. The Labute approximate surface area is 89.9 Å². The summed E-state index contributed by atoms with van der Waals surface area (Å²) in [7, 11) is 0. The second kappa shape index (κ2) is 5.31. The minimum absolute atomic E-state index is 0.0126. The third-order valence-corrected chi connectivity index (χ3v) is 1.71. The van der Waals surface area contributed by atoms with Crippen LogP contribution in [0.3, 0.4) is 0 Å². The molecular weight excluding hydrogens is 225 g/mol. The highest BCUT2D eigenvalue weighted by Gasteiger charge is 1.99. The van der Waals surface area contributed by atoms with Crippen LogP contribution in [-0.2, 0) is 9.63 Å². The number of nitrogens with zero attached hydrogens (tertiary/aromatic N) is 1. The van der Waals surface area contributed by atoms with E-state index >= 15 is 0 Å². The lowest BCUT2D eigenvalue weighted by Gasteiger charge is -1.96. The Morgan fingerprint density at radius 2 is 2.40 bits per heavy atom. The van der Waals surface area contributed by atoms with Crippen LogP contribution in [0, 0.1) is 5.82 Å². The van der Waals surface area contributed by atoms with Crippen molar-refractivity contribution < 1.29 is 19.1 Å². The summed E-state index contributed by atoms with van der Waals surface area (Å²) in [5.41, 5.74) is 0.433. The van der Waals surface area contributed by atoms with Crippen LogP contribution < -0.4 is 0 Å². The number of hydrogen-bond donors (Lipinski definition) is 1. The first-order valence-electron chi connectivity index (χ1n) is 3.92. The Balaban J connectivity index is 2.57. The number of carboxylic acids is 1. The molecule has 1 aromatic carbocycles. The molecule has 1 aromatic rings. The van der Waals surface area contributed by atoms with Gasteiger partial charge in [0.05, 0.1) is 11.2 Å². The first kappa shape index (κ1) is 11.5. The van der Waals surface area contributed by atoms with Gasteiger partial charge < -0.3 is 9.94 Å². The molecule has 0 atom stereocenters. The molecule has 0 bridgehead atoms. The van der Waals surface area contributed by atoms with Gasteiger partial charge in [0.15, 0.2) is 0 Å². The molecule has 0 amide bonds. The number of benzene rings is 1. The zero-order chi connectivity index (χ0) is 11.3. The van der Waals surface area contributed by atoms with E-state index in [2.05, 4.69) is 9.99 Å². The monoisotopic (exact) mass is 231 g/mol. The summed E-state index contributed by atoms with van der Waals surface area (Å²) in [5, 5.41) is 11.6. The van der Waals surface area contributed by atoms with Gasteiger partial charge in [0.25, 0.3) is 0 Å². The molecule has 0 saturated heterocycles. The zero-order valence-corrected chi connectivity index (χ0v) is 8.24. The highest BCUT2D eigenvalue weighted by atomic mass is 35.5. The third-order valence-electron chi connectivity index (χ3n) is 1.41. The maximum absolute atomic E-state index is 12.9. The van der Waals surface area contributed by atoms with Crippen LogP contribution in [0.15, 0.2) is 23.4 Å². The van der Waals surface area contributed by atoms with Crippen LogP contribution in [-0.4, -0.2) is 23.9 Å². The van der Waals surface area contributed by atoms with Gasteiger partial charge in [-0.25, -0.2) is 9.18 Å². The van der Waals surface area contributed by atoms with Gasteiger partial charge in [-0.1, -0.05) is 22.8 Å². The summed E-state index contributed by atoms with van der Waals surface area (Å²) < 4.78 is 12.9. The van der Waals surface area contributed by atoms with Gasteiger partial charge in [-0.05, 0) is 17.7 Å². The molecule has 0 heterocycles. The van der Waals surface area contributed by atoms with E-state index < -0.39 is 18.4 Å². The molecule has 4 nitrogen and oxygen atoms in total. The highest BCUT2D eigenvalue weighted by molar-refractivity contribution is 6.30. The molecule has 0 spiro atoms. The van der Waals surface area contributed by atoms with Gasteiger partial charge in [0, 0.05) is 0 Å². The minimum Gasteiger partial charge on any atom is -0.479 e. The molecule has 0 aliphatic carbocycles. The van der Waals surface area contributed by atoms with Gasteiger partial charge in [0.1, 0.15) is 5.82 Å². The molecule has 0 fully saturated rings. The standard InChI is InChI=1S/C9H7ClFNO3/c10-7-2-1-6(3-8(7)11)4-12-15-5-9(13)14/h1-4H,5H2,(H,13,14). The first-order valence-corrected chi connectivity index (χ1v) is 4.29. The fourth-order valence-corrected chi connectivity index (χ4v) is 0.901. The second-order valence-electron chi connectivity index (χ2n) is 2.58. The Bertz CT molecular complexity index is 395. The zero-order valence-electron chi connectivity index (χ0n) is 7.48. The number of carboxylic acid groups (broad SMARTS) is 1. The lowest BCUT2D eigenvalue weighted by Crippen LogP contribution is -2.03. The molecule has 0 radical (unpaired) electrons. The van der Waals surface area contributed by atoms with Crippen molar-refractivity contribution in [2.45, 2.75) is 0 Å². The maximum Gasteiger partial charge on any atom is 0.344 e. The molecular formula is C9H7ClFNO3. The lowest BCUT2D eigenvalue weighted by molar-refractivity contribution is -0.142. The molecule has 0 saturated carbocycles. The number of halogens is 2. The summed E-state index contributed by atoms with van der Waals surface area (Å²) in [5.74, 6) is -1.70. The lowest BCUT2D eigenvalue weighted by atomic mass is 10.2. The van der Waals surface area contributed by atoms with E-state index in [1.165, 1.54) is 18.3 Å². The van der Waals surface area contributed by atoms with Gasteiger partial charge in [-0.2, -0.15) is 0 Å². The molecule has 0 aliphatic rings. The number of aliphatic carboxylic acids is 1. The average Bonchev–Trinajstić information content (AvgIpc) is 2.18. The van der Waals surface area contributed by atoms with Gasteiger partial charge in [-0.3, -0.25) is 0 Å². The fraction of sp³-hybridized carbons (Fsp3) is 0.111. The Hall–Kier alpha value is -1.62. The van der Waals surface area contributed by atoms with Crippen molar-refractivity contribution >= 4 is 23.8 Å². The first-order chi connectivity index (χ1) is 7.09. The molecule has 6 heteroatoms. The van der Waals surface area contributed by atoms with Crippen LogP contribution >= 0.6 is 11.6 Å². The van der Waals surface area contributed by atoms with Gasteiger partial charge >= 0.3 is 5.97 Å². The number of oxime groups is 1. The molecule has 0 aromatic heterocycles. The van der Waals surface area contributed by atoms with Crippen molar-refractivity contribution in [3.63, 3.8) is 0 Å². The van der Waals surface area contributed by atoms with Gasteiger partial charge in [-0.15, -0.1) is 0 Å². The quantitative estimate of drug-likeness (QED) is 0.636. The summed E-state index contributed by atoms with van der Waals surface area (Å²) in [6, 6.07) is 4.06. The highest BCUT2D eigenvalue weighted by Crippen LogP contribution is 2.14. The van der Waals surface area contributed by atoms with Crippen LogP contribution in [0.4, 0.5) is 4.39 Å². The van der Waals surface area contributed by atoms with Crippen molar-refractivity contribution in [3.05, 3.63) is 34.6 Å². The largest absolute Gasteiger partial charge is 0.479 e. The van der Waals surface area contributed by atoms with E-state index in [9.17, 15) is 9.18 Å². The minimum atomic E-state index is -1.13. The fourth-order valence-electron chi connectivity index (χ4n) is 0.783. The van der Waals surface area contributed by atoms with Crippen LogP contribution in [0.25, 0.3) is 0 Å². The van der Waals surface area contributed by atoms with Crippen LogP contribution in [0.2, 0.25) is 5.02 Å². The summed E-state index contributed by atoms with van der Waals surface area (Å²) in [6.45, 7) is -0.535. The molecule has 1 N–H and O–H groups in total. The summed E-state index contributed by atoms with van der Waals surface area (Å²) in [6.07, 6.45) is 1.20. The van der Waals surface area contributed by atoms with Crippen LogP contribution in [0.1, 0.15) is 5.56 Å². The SMILES string of the molecule is O=C(O)CON=Cc1ccc(Cl)c(F)c1. The van der Waals surface area contributed by atoms with Crippen molar-refractivity contribution in [2.75, 3.05) is 6.61 Å². The van der Waals surface area contributed by atoms with Crippen molar-refractivity contribution in [3.8, 4) is 0 Å². The predicted molar refractivity (Wildman–Crippen MR) is 52.6 cm³/mol. The number of carbonyl (C=O) groups is 1. The normalized spacial score (nSPS) is 10.5. The smallest absolute Gasteiger partial charge is 0.344 e. The van der Waals surface area contributed by atoms with E-state index in [4.69, 9.17) is 16.7 Å². The third kappa shape index (κ3) is 3.95. The molecule has 1 rings (SSSR count). The van der Waals surface area contributed by atoms with Crippen LogP contribution in [0.5, 0.6) is 0 Å². The van der Waals surface area contributed by atoms with E-state index in [1.807, 2.05) is 0 Å². The second-order valence-corrected chi connectivity index (χ2v) is 2.98. The van der Waals surface area contributed by atoms with E-state index in [-0.39, 0.29) is 5.02 Å². The van der Waals surface area contributed by atoms with E-state index in [0.29, 0.717) is 5.56 Å². The molecule has 0 unspecified atom stereocenters. The summed E-state index contributed by atoms with van der Waals surface area (Å²) >= 11 is 5.46. The van der Waals surface area contributed by atoms with E-state index in [0.717, 1.165) is 6.07 Å². The molecule has 0 aliphatic heterocycles. The predicted octanol–water partition coefficient (Wildman–Crippen LogP) is 1.91. The maximum atomic E-state index is 12.9. The average molecular weight is 232 g/mol. The Morgan fingerprint density at radius 1 is 1.67 bits per heavy atom. The van der Waals surface area contributed by atoms with Crippen molar-refractivity contribution in [2.24, 2.45) is 5.16 Å². The topological polar surface area (TPSA) is 58.9 Å². The van der Waals surface area contributed by atoms with E-state index in [1.54, 1.807) is 0 Å². The number of rotatable bonds is 4. The Morgan fingerprint density at radius 3 is 3.00 bits per heavy atom.